The Morgan fingerprint density at radius 1 is 0.458 bits per heavy atom. The Morgan fingerprint density at radius 3 is 1.56 bits per heavy atom. The van der Waals surface area contributed by atoms with E-state index in [-0.39, 0.29) is 6.17 Å². The summed E-state index contributed by atoms with van der Waals surface area (Å²) in [5.74, 6) is 0.455. The highest BCUT2D eigenvalue weighted by atomic mass is 15.2. The van der Waals surface area contributed by atoms with Gasteiger partial charge in [-0.3, -0.25) is 4.99 Å². The van der Waals surface area contributed by atoms with Crippen LogP contribution in [0.3, 0.4) is 0 Å². The van der Waals surface area contributed by atoms with Gasteiger partial charge in [-0.25, -0.2) is 9.97 Å². The van der Waals surface area contributed by atoms with Crippen LogP contribution in [-0.4, -0.2) is 15.7 Å². The summed E-state index contributed by atoms with van der Waals surface area (Å²) < 4.78 is 0. The van der Waals surface area contributed by atoms with Crippen molar-refractivity contribution < 1.29 is 0 Å². The number of nitrogens with two attached hydrogens (primary N) is 1. The highest BCUT2D eigenvalue weighted by Gasteiger charge is 2.20. The number of allylic oxidation sites excluding steroid dienone is 1. The molecule has 6 heteroatoms. The molecule has 0 saturated carbocycles. The normalized spacial score (nSPS) is 14.3. The van der Waals surface area contributed by atoms with Crippen molar-refractivity contribution in [2.75, 3.05) is 5.32 Å². The van der Waals surface area contributed by atoms with Crippen LogP contribution in [0.15, 0.2) is 211 Å². The lowest BCUT2D eigenvalue weighted by molar-refractivity contribution is 0.664. The van der Waals surface area contributed by atoms with Gasteiger partial charge < -0.3 is 16.4 Å². The summed E-state index contributed by atoms with van der Waals surface area (Å²) in [6.07, 6.45) is 1.32. The van der Waals surface area contributed by atoms with Crippen LogP contribution < -0.4 is 16.4 Å². The molecule has 2 atom stereocenters. The summed E-state index contributed by atoms with van der Waals surface area (Å²) in [6.45, 7) is 0. The largest absolute Gasteiger partial charge is 0.360 e. The summed E-state index contributed by atoms with van der Waals surface area (Å²) in [5.41, 5.74) is 18.9. The topological polar surface area (TPSA) is 88.2 Å². The molecule has 6 nitrogen and oxygen atoms in total. The van der Waals surface area contributed by atoms with Crippen LogP contribution in [-0.2, 0) is 0 Å². The van der Waals surface area contributed by atoms with Gasteiger partial charge in [-0.1, -0.05) is 182 Å². The zero-order valence-electron chi connectivity index (χ0n) is 32.2. The van der Waals surface area contributed by atoms with E-state index < -0.39 is 6.17 Å². The Bertz CT molecular complexity index is 2900. The first kappa shape index (κ1) is 35.7. The second-order valence-electron chi connectivity index (χ2n) is 14.8. The van der Waals surface area contributed by atoms with Crippen LogP contribution in [0.25, 0.3) is 60.9 Å². The predicted molar refractivity (Wildman–Crippen MR) is 244 cm³/mol. The zero-order chi connectivity index (χ0) is 39.5. The number of rotatable bonds is 9. The van der Waals surface area contributed by atoms with E-state index in [4.69, 9.17) is 20.7 Å². The molecule has 1 aliphatic rings. The lowest BCUT2D eigenvalue weighted by Crippen LogP contribution is -2.25. The number of anilines is 1. The molecule has 0 fully saturated rings. The van der Waals surface area contributed by atoms with E-state index in [1.807, 2.05) is 24.3 Å². The number of hydrogen-bond acceptors (Lipinski definition) is 6. The first-order chi connectivity index (χ1) is 29.1. The maximum atomic E-state index is 6.89. The Kier molecular flexibility index (Phi) is 9.50. The molecule has 4 N–H and O–H groups in total. The van der Waals surface area contributed by atoms with E-state index in [0.717, 1.165) is 66.9 Å². The van der Waals surface area contributed by atoms with Gasteiger partial charge in [0.2, 0.25) is 5.95 Å². The van der Waals surface area contributed by atoms with Gasteiger partial charge in [0.25, 0.3) is 0 Å². The minimum absolute atomic E-state index is 0.243. The molecule has 0 bridgehead atoms. The summed E-state index contributed by atoms with van der Waals surface area (Å²) in [6, 6.07) is 69.4. The van der Waals surface area contributed by atoms with Crippen LogP contribution in [0.1, 0.15) is 34.6 Å². The van der Waals surface area contributed by atoms with Gasteiger partial charge in [-0.15, -0.1) is 0 Å². The van der Waals surface area contributed by atoms with E-state index in [9.17, 15) is 0 Å². The summed E-state index contributed by atoms with van der Waals surface area (Å²) in [4.78, 5) is 15.2. The first-order valence-corrected chi connectivity index (χ1v) is 19.9. The highest BCUT2D eigenvalue weighted by molar-refractivity contribution is 6.13. The fourth-order valence-corrected chi connectivity index (χ4v) is 7.71. The van der Waals surface area contributed by atoms with Gasteiger partial charge >= 0.3 is 0 Å². The average molecular weight is 761 g/mol. The van der Waals surface area contributed by atoms with Crippen LogP contribution in [0.5, 0.6) is 0 Å². The molecule has 10 rings (SSSR count). The number of hydrogen-bond donors (Lipinski definition) is 3. The van der Waals surface area contributed by atoms with Gasteiger partial charge in [0.15, 0.2) is 0 Å². The number of aromatic nitrogens is 2. The third-order valence-corrected chi connectivity index (χ3v) is 10.9. The van der Waals surface area contributed by atoms with Gasteiger partial charge in [-0.05, 0) is 79.2 Å². The van der Waals surface area contributed by atoms with Crippen molar-refractivity contribution in [3.8, 4) is 33.6 Å². The fourth-order valence-electron chi connectivity index (χ4n) is 7.71. The Hall–Kier alpha value is -7.67. The molecule has 9 aromatic rings. The Balaban J connectivity index is 0.949. The molecule has 0 spiro atoms. The van der Waals surface area contributed by atoms with Crippen molar-refractivity contribution in [1.82, 2.24) is 15.3 Å². The molecule has 0 aliphatic carbocycles. The number of nitrogens with zero attached hydrogens (tertiary/aromatic N) is 3. The molecule has 0 radical (unpaired) electrons. The summed E-state index contributed by atoms with van der Waals surface area (Å²) in [7, 11) is 0. The molecule has 2 unspecified atom stereocenters. The molecule has 0 saturated heterocycles. The number of fused-ring (bicyclic) bond motifs is 2. The lowest BCUT2D eigenvalue weighted by Gasteiger charge is -2.25. The number of nitrogens with one attached hydrogen (secondary N) is 2. The molecule has 1 aromatic heterocycles. The Morgan fingerprint density at radius 2 is 0.949 bits per heavy atom. The van der Waals surface area contributed by atoms with Crippen molar-refractivity contribution in [1.29, 1.82) is 0 Å². The average Bonchev–Trinajstić information content (AvgIpc) is 3.31. The highest BCUT2D eigenvalue weighted by Crippen LogP contribution is 2.32. The quantitative estimate of drug-likeness (QED) is 0.128. The lowest BCUT2D eigenvalue weighted by atomic mass is 9.99. The van der Waals surface area contributed by atoms with Crippen LogP contribution in [0.4, 0.5) is 5.95 Å². The second kappa shape index (κ2) is 15.7. The van der Waals surface area contributed by atoms with Crippen molar-refractivity contribution >= 4 is 38.9 Å². The molecule has 0 amide bonds. The fraction of sp³-hybridized carbons (Fsp3) is 0.0377. The molecular formula is C53H40N6. The smallest absolute Gasteiger partial charge is 0.225 e. The molecule has 2 heterocycles. The van der Waals surface area contributed by atoms with Gasteiger partial charge in [0, 0.05) is 16.8 Å². The van der Waals surface area contributed by atoms with Gasteiger partial charge in [0.05, 0.1) is 17.1 Å². The maximum absolute atomic E-state index is 6.89. The number of benzene rings is 8. The van der Waals surface area contributed by atoms with Crippen LogP contribution in [0.2, 0.25) is 0 Å². The van der Waals surface area contributed by atoms with Crippen LogP contribution in [0, 0.1) is 0 Å². The zero-order valence-corrected chi connectivity index (χ0v) is 32.2. The third kappa shape index (κ3) is 7.61. The molecule has 59 heavy (non-hydrogen) atoms. The van der Waals surface area contributed by atoms with E-state index in [1.165, 1.54) is 21.9 Å². The van der Waals surface area contributed by atoms with E-state index >= 15 is 0 Å². The Labute approximate surface area is 343 Å². The van der Waals surface area contributed by atoms with E-state index in [0.29, 0.717) is 5.95 Å². The molecule has 1 aliphatic heterocycles. The SMILES string of the molecule is NC(Nc1nc(-c2ccc3ccccc3c2)cc(-c2ccc3ccccc3c2)n1)c1ccc(C2=CC(c3ccc(-c4ccccc4)cc3)=NC(c3ccccc3)N2)cc1. The standard InChI is InChI=1S/C53H40N6/c54-51(59-53-57-49(45-29-21-36-13-7-9-17-43(36)31-45)34-50(58-53)46-30-22-37-14-8-10-18-44(37)32-46)41-27-25-40(26-28-41)48-33-47(55-52(56-48)42-15-5-2-6-16-42)39-23-19-38(20-24-39)35-11-3-1-4-12-35/h1-34,51-52,56H,54H2,(H,57,58,59). The first-order valence-electron chi connectivity index (χ1n) is 19.9. The minimum Gasteiger partial charge on any atom is -0.360 e. The number of aliphatic imine (C=N–C) groups is 1. The summed E-state index contributed by atoms with van der Waals surface area (Å²) >= 11 is 0. The van der Waals surface area contributed by atoms with Gasteiger partial charge in [-0.2, -0.15) is 0 Å². The van der Waals surface area contributed by atoms with E-state index in [2.05, 4.69) is 193 Å². The maximum Gasteiger partial charge on any atom is 0.225 e. The molecular weight excluding hydrogens is 721 g/mol. The minimum atomic E-state index is -0.564. The third-order valence-electron chi connectivity index (χ3n) is 10.9. The second-order valence-corrected chi connectivity index (χ2v) is 14.8. The molecule has 8 aromatic carbocycles. The molecule has 282 valence electrons. The summed E-state index contributed by atoms with van der Waals surface area (Å²) in [5, 5.41) is 11.8. The van der Waals surface area contributed by atoms with Crippen molar-refractivity contribution in [2.45, 2.75) is 12.3 Å². The van der Waals surface area contributed by atoms with Crippen molar-refractivity contribution in [3.63, 3.8) is 0 Å². The van der Waals surface area contributed by atoms with Crippen molar-refractivity contribution in [3.05, 3.63) is 229 Å². The van der Waals surface area contributed by atoms with Crippen LogP contribution >= 0.6 is 0 Å². The van der Waals surface area contributed by atoms with Crippen molar-refractivity contribution in [2.24, 2.45) is 10.7 Å². The predicted octanol–water partition coefficient (Wildman–Crippen LogP) is 12.0. The monoisotopic (exact) mass is 760 g/mol. The van der Waals surface area contributed by atoms with Gasteiger partial charge in [0.1, 0.15) is 12.3 Å². The van der Waals surface area contributed by atoms with E-state index in [1.54, 1.807) is 0 Å².